The van der Waals surface area contributed by atoms with Crippen molar-refractivity contribution in [2.75, 3.05) is 7.11 Å². The Hall–Kier alpha value is -0.0600. The van der Waals surface area contributed by atoms with Gasteiger partial charge in [0.25, 0.3) is 0 Å². The van der Waals surface area contributed by atoms with E-state index in [4.69, 9.17) is 9.47 Å². The maximum absolute atomic E-state index is 6.07. The molecule has 0 unspecified atom stereocenters. The van der Waals surface area contributed by atoms with Crippen LogP contribution in [-0.4, -0.2) is 18.3 Å². The summed E-state index contributed by atoms with van der Waals surface area (Å²) in [7, 11) is 1.70. The van der Waals surface area contributed by atoms with Crippen LogP contribution >= 0.6 is 31.9 Å². The SMILES string of the molecule is COC(C)(C)C(C)(C)Oc1cc(Br)ccc1Br. The number of hydrogen-bond donors (Lipinski definition) is 0. The number of benzene rings is 1. The minimum Gasteiger partial charge on any atom is -0.484 e. The van der Waals surface area contributed by atoms with Crippen LogP contribution in [0, 0.1) is 0 Å². The fourth-order valence-corrected chi connectivity index (χ4v) is 1.87. The van der Waals surface area contributed by atoms with Crippen molar-refractivity contribution in [2.45, 2.75) is 38.9 Å². The van der Waals surface area contributed by atoms with Crippen molar-refractivity contribution in [2.24, 2.45) is 0 Å². The number of hydrogen-bond acceptors (Lipinski definition) is 2. The van der Waals surface area contributed by atoms with Crippen LogP contribution in [0.25, 0.3) is 0 Å². The van der Waals surface area contributed by atoms with Gasteiger partial charge in [0.15, 0.2) is 0 Å². The summed E-state index contributed by atoms with van der Waals surface area (Å²) >= 11 is 6.92. The molecule has 2 nitrogen and oxygen atoms in total. The molecule has 1 aromatic rings. The van der Waals surface area contributed by atoms with E-state index in [1.807, 2.05) is 45.9 Å². The second-order valence-corrected chi connectivity index (χ2v) is 6.67. The van der Waals surface area contributed by atoms with Crippen molar-refractivity contribution in [3.05, 3.63) is 27.1 Å². The Bertz CT molecular complexity index is 400. The van der Waals surface area contributed by atoms with Gasteiger partial charge in [0.1, 0.15) is 17.0 Å². The second-order valence-electron chi connectivity index (χ2n) is 4.90. The first-order valence-corrected chi connectivity index (χ1v) is 6.97. The molecular formula is C13H18Br2O2. The van der Waals surface area contributed by atoms with Crippen LogP contribution in [0.5, 0.6) is 5.75 Å². The molecule has 0 aliphatic carbocycles. The van der Waals surface area contributed by atoms with Gasteiger partial charge in [-0.3, -0.25) is 0 Å². The van der Waals surface area contributed by atoms with Crippen LogP contribution in [0.4, 0.5) is 0 Å². The fraction of sp³-hybridized carbons (Fsp3) is 0.538. The highest BCUT2D eigenvalue weighted by atomic mass is 79.9. The van der Waals surface area contributed by atoms with Crippen molar-refractivity contribution < 1.29 is 9.47 Å². The standard InChI is InChI=1S/C13H18Br2O2/c1-12(2,16-5)13(3,4)17-11-8-9(14)6-7-10(11)15/h6-8H,1-5H3. The minimum atomic E-state index is -0.439. The molecule has 0 aliphatic rings. The highest BCUT2D eigenvalue weighted by molar-refractivity contribution is 9.11. The van der Waals surface area contributed by atoms with Gasteiger partial charge >= 0.3 is 0 Å². The molecule has 0 heterocycles. The van der Waals surface area contributed by atoms with Crippen molar-refractivity contribution >= 4 is 31.9 Å². The normalized spacial score (nSPS) is 12.6. The van der Waals surface area contributed by atoms with Gasteiger partial charge in [0.05, 0.1) is 4.47 Å². The average molecular weight is 366 g/mol. The molecule has 0 fully saturated rings. The van der Waals surface area contributed by atoms with Crippen LogP contribution in [-0.2, 0) is 4.74 Å². The molecule has 0 saturated heterocycles. The minimum absolute atomic E-state index is 0.380. The lowest BCUT2D eigenvalue weighted by Crippen LogP contribution is -2.51. The monoisotopic (exact) mass is 364 g/mol. The molecule has 0 aromatic heterocycles. The molecule has 0 bridgehead atoms. The van der Waals surface area contributed by atoms with Gasteiger partial charge in [0.2, 0.25) is 0 Å². The van der Waals surface area contributed by atoms with Crippen LogP contribution in [0.1, 0.15) is 27.7 Å². The van der Waals surface area contributed by atoms with Gasteiger partial charge in [-0.1, -0.05) is 15.9 Å². The van der Waals surface area contributed by atoms with E-state index in [0.717, 1.165) is 14.7 Å². The molecule has 0 saturated carbocycles. The van der Waals surface area contributed by atoms with Crippen LogP contribution in [0.2, 0.25) is 0 Å². The van der Waals surface area contributed by atoms with Crippen molar-refractivity contribution in [3.63, 3.8) is 0 Å². The van der Waals surface area contributed by atoms with Crippen molar-refractivity contribution in [1.29, 1.82) is 0 Å². The summed E-state index contributed by atoms with van der Waals surface area (Å²) in [5.74, 6) is 0.800. The van der Waals surface area contributed by atoms with E-state index in [0.29, 0.717) is 0 Å². The third-order valence-corrected chi connectivity index (χ3v) is 4.37. The summed E-state index contributed by atoms with van der Waals surface area (Å²) in [6.07, 6.45) is 0. The quantitative estimate of drug-likeness (QED) is 0.763. The summed E-state index contributed by atoms with van der Waals surface area (Å²) in [6, 6.07) is 5.86. The number of halogens is 2. The first-order chi connectivity index (χ1) is 7.69. The third kappa shape index (κ3) is 3.46. The van der Waals surface area contributed by atoms with Crippen LogP contribution < -0.4 is 4.74 Å². The molecule has 0 amide bonds. The van der Waals surface area contributed by atoms with Gasteiger partial charge in [0, 0.05) is 11.6 Å². The zero-order valence-electron chi connectivity index (χ0n) is 10.8. The van der Waals surface area contributed by atoms with Gasteiger partial charge in [-0.05, 0) is 61.8 Å². The van der Waals surface area contributed by atoms with Gasteiger partial charge in [-0.2, -0.15) is 0 Å². The molecular weight excluding hydrogens is 348 g/mol. The summed E-state index contributed by atoms with van der Waals surface area (Å²) in [6.45, 7) is 8.06. The lowest BCUT2D eigenvalue weighted by Gasteiger charge is -2.40. The largest absolute Gasteiger partial charge is 0.484 e. The molecule has 0 atom stereocenters. The average Bonchev–Trinajstić information content (AvgIpc) is 2.23. The molecule has 1 aromatic carbocycles. The third-order valence-electron chi connectivity index (χ3n) is 3.22. The summed E-state index contributed by atoms with van der Waals surface area (Å²) in [4.78, 5) is 0. The van der Waals surface area contributed by atoms with Crippen molar-refractivity contribution in [1.82, 2.24) is 0 Å². The maximum Gasteiger partial charge on any atom is 0.135 e. The highest BCUT2D eigenvalue weighted by Crippen LogP contribution is 2.35. The summed E-state index contributed by atoms with van der Waals surface area (Å²) in [5.41, 5.74) is -0.820. The molecule has 4 heteroatoms. The lowest BCUT2D eigenvalue weighted by molar-refractivity contribution is -0.115. The molecule has 1 rings (SSSR count). The zero-order chi connectivity index (χ0) is 13.3. The van der Waals surface area contributed by atoms with Crippen LogP contribution in [0.3, 0.4) is 0 Å². The van der Waals surface area contributed by atoms with Gasteiger partial charge in [-0.15, -0.1) is 0 Å². The smallest absolute Gasteiger partial charge is 0.135 e. The predicted molar refractivity (Wildman–Crippen MR) is 77.6 cm³/mol. The van der Waals surface area contributed by atoms with E-state index < -0.39 is 5.60 Å². The Kier molecular flexibility index (Phi) is 4.67. The van der Waals surface area contributed by atoms with Gasteiger partial charge in [-0.25, -0.2) is 0 Å². The molecule has 96 valence electrons. The number of ether oxygens (including phenoxy) is 2. The molecule has 0 spiro atoms. The Balaban J connectivity index is 3.01. The summed E-state index contributed by atoms with van der Waals surface area (Å²) < 4.78 is 13.5. The Morgan fingerprint density at radius 3 is 2.12 bits per heavy atom. The molecule has 0 aliphatic heterocycles. The Morgan fingerprint density at radius 1 is 1.00 bits per heavy atom. The lowest BCUT2D eigenvalue weighted by atomic mass is 9.89. The van der Waals surface area contributed by atoms with Crippen LogP contribution in [0.15, 0.2) is 27.1 Å². The van der Waals surface area contributed by atoms with E-state index in [9.17, 15) is 0 Å². The molecule has 17 heavy (non-hydrogen) atoms. The first kappa shape index (κ1) is 15.0. The van der Waals surface area contributed by atoms with E-state index in [1.165, 1.54) is 0 Å². The zero-order valence-corrected chi connectivity index (χ0v) is 14.0. The fourth-order valence-electron chi connectivity index (χ4n) is 1.20. The topological polar surface area (TPSA) is 18.5 Å². The highest BCUT2D eigenvalue weighted by Gasteiger charge is 2.39. The predicted octanol–water partition coefficient (Wildman–Crippen LogP) is 4.79. The van der Waals surface area contributed by atoms with Crippen molar-refractivity contribution in [3.8, 4) is 5.75 Å². The first-order valence-electron chi connectivity index (χ1n) is 5.39. The number of rotatable bonds is 4. The van der Waals surface area contributed by atoms with E-state index in [-0.39, 0.29) is 5.60 Å². The van der Waals surface area contributed by atoms with E-state index >= 15 is 0 Å². The van der Waals surface area contributed by atoms with E-state index in [2.05, 4.69) is 31.9 Å². The van der Waals surface area contributed by atoms with E-state index in [1.54, 1.807) is 7.11 Å². The van der Waals surface area contributed by atoms with Gasteiger partial charge < -0.3 is 9.47 Å². The second kappa shape index (κ2) is 5.29. The summed E-state index contributed by atoms with van der Waals surface area (Å²) in [5, 5.41) is 0. The molecule has 0 radical (unpaired) electrons. The molecule has 0 N–H and O–H groups in total. The maximum atomic E-state index is 6.07. The Labute approximate surface area is 120 Å². The number of methoxy groups -OCH3 is 1. The Morgan fingerprint density at radius 2 is 1.59 bits per heavy atom.